The van der Waals surface area contributed by atoms with E-state index in [-0.39, 0.29) is 0 Å². The van der Waals surface area contributed by atoms with Crippen molar-refractivity contribution in [1.29, 1.82) is 5.26 Å². The topological polar surface area (TPSA) is 45.9 Å². The predicted molar refractivity (Wildman–Crippen MR) is 52.6 cm³/mol. The fourth-order valence-electron chi connectivity index (χ4n) is 0.782. The fourth-order valence-corrected chi connectivity index (χ4v) is 1.00. The lowest BCUT2D eigenvalue weighted by atomic mass is 10.2. The quantitative estimate of drug-likeness (QED) is 0.790. The molecule has 0 aliphatic carbocycles. The standard InChI is InChI=1S/C8H7IN2O/c9-12-4-3-8-2-1-7(5-10)6-11-8/h1-2,6H,3-4H2. The molecule has 0 fully saturated rings. The number of nitrogens with zero attached hydrogens (tertiary/aromatic N) is 2. The first-order valence-electron chi connectivity index (χ1n) is 3.45. The number of nitriles is 1. The molecule has 0 unspecified atom stereocenters. The SMILES string of the molecule is N#Cc1ccc(CCOI)nc1. The average molecular weight is 274 g/mol. The first-order chi connectivity index (χ1) is 5.86. The van der Waals surface area contributed by atoms with Crippen LogP contribution in [-0.4, -0.2) is 11.6 Å². The highest BCUT2D eigenvalue weighted by atomic mass is 127. The normalized spacial score (nSPS) is 9.33. The third-order valence-corrected chi connectivity index (χ3v) is 1.83. The van der Waals surface area contributed by atoms with Crippen LogP contribution in [-0.2, 0) is 9.49 Å². The molecule has 0 N–H and O–H groups in total. The van der Waals surface area contributed by atoms with Crippen molar-refractivity contribution in [2.24, 2.45) is 0 Å². The van der Waals surface area contributed by atoms with E-state index in [1.165, 1.54) is 0 Å². The van der Waals surface area contributed by atoms with Crippen molar-refractivity contribution >= 4 is 23.0 Å². The van der Waals surface area contributed by atoms with Gasteiger partial charge in [-0.1, -0.05) is 0 Å². The molecule has 0 saturated carbocycles. The van der Waals surface area contributed by atoms with Crippen LogP contribution < -0.4 is 0 Å². The zero-order valence-electron chi connectivity index (χ0n) is 6.33. The van der Waals surface area contributed by atoms with Crippen molar-refractivity contribution in [2.75, 3.05) is 6.61 Å². The molecule has 1 rings (SSSR count). The van der Waals surface area contributed by atoms with Gasteiger partial charge in [-0.25, -0.2) is 0 Å². The Kier molecular flexibility index (Phi) is 3.97. The van der Waals surface area contributed by atoms with E-state index >= 15 is 0 Å². The second-order valence-electron chi connectivity index (χ2n) is 2.21. The molecule has 0 saturated heterocycles. The Balaban J connectivity index is 2.60. The first-order valence-corrected chi connectivity index (χ1v) is 4.33. The summed E-state index contributed by atoms with van der Waals surface area (Å²) >= 11 is 1.85. The van der Waals surface area contributed by atoms with Gasteiger partial charge in [-0.15, -0.1) is 0 Å². The van der Waals surface area contributed by atoms with Crippen LogP contribution in [0.4, 0.5) is 0 Å². The Morgan fingerprint density at radius 2 is 2.42 bits per heavy atom. The Hall–Kier alpha value is -0.670. The van der Waals surface area contributed by atoms with Crippen molar-refractivity contribution in [3.63, 3.8) is 0 Å². The van der Waals surface area contributed by atoms with Gasteiger partial charge >= 0.3 is 0 Å². The van der Waals surface area contributed by atoms with Crippen LogP contribution in [0.25, 0.3) is 0 Å². The van der Waals surface area contributed by atoms with Gasteiger partial charge in [0.1, 0.15) is 29.1 Å². The lowest BCUT2D eigenvalue weighted by Crippen LogP contribution is -1.94. The molecule has 62 valence electrons. The van der Waals surface area contributed by atoms with Gasteiger partial charge in [0, 0.05) is 18.3 Å². The molecule has 0 aliphatic rings. The number of halogens is 1. The maximum atomic E-state index is 8.49. The summed E-state index contributed by atoms with van der Waals surface area (Å²) < 4.78 is 4.87. The largest absolute Gasteiger partial charge is 0.315 e. The molecule has 0 spiro atoms. The highest BCUT2D eigenvalue weighted by Gasteiger charge is 1.94. The average Bonchev–Trinajstić information content (AvgIpc) is 2.15. The molecular weight excluding hydrogens is 267 g/mol. The van der Waals surface area contributed by atoms with E-state index in [2.05, 4.69) is 4.98 Å². The first kappa shape index (κ1) is 9.42. The van der Waals surface area contributed by atoms with Gasteiger partial charge in [-0.05, 0) is 12.1 Å². The van der Waals surface area contributed by atoms with Gasteiger partial charge in [0.15, 0.2) is 0 Å². The molecule has 1 aromatic rings. The van der Waals surface area contributed by atoms with E-state index in [1.54, 1.807) is 12.3 Å². The summed E-state index contributed by atoms with van der Waals surface area (Å²) in [6, 6.07) is 5.62. The van der Waals surface area contributed by atoms with Crippen molar-refractivity contribution in [2.45, 2.75) is 6.42 Å². The van der Waals surface area contributed by atoms with Crippen molar-refractivity contribution in [3.8, 4) is 6.07 Å². The van der Waals surface area contributed by atoms with Crippen LogP contribution in [0.15, 0.2) is 18.3 Å². The van der Waals surface area contributed by atoms with Crippen molar-refractivity contribution in [1.82, 2.24) is 4.98 Å². The zero-order chi connectivity index (χ0) is 8.81. The van der Waals surface area contributed by atoms with E-state index in [4.69, 9.17) is 8.33 Å². The lowest BCUT2D eigenvalue weighted by molar-refractivity contribution is 0.429. The highest BCUT2D eigenvalue weighted by molar-refractivity contribution is 14.1. The van der Waals surface area contributed by atoms with Crippen LogP contribution in [0.1, 0.15) is 11.3 Å². The van der Waals surface area contributed by atoms with E-state index in [1.807, 2.05) is 35.1 Å². The Morgan fingerprint density at radius 3 is 2.92 bits per heavy atom. The number of aromatic nitrogens is 1. The van der Waals surface area contributed by atoms with Crippen molar-refractivity contribution < 1.29 is 3.07 Å². The second kappa shape index (κ2) is 5.06. The van der Waals surface area contributed by atoms with Gasteiger partial charge in [0.2, 0.25) is 0 Å². The highest BCUT2D eigenvalue weighted by Crippen LogP contribution is 2.00. The molecule has 4 heteroatoms. The molecule has 0 amide bonds. The third kappa shape index (κ3) is 2.75. The number of hydrogen-bond donors (Lipinski definition) is 0. The van der Waals surface area contributed by atoms with Gasteiger partial charge < -0.3 is 3.07 Å². The monoisotopic (exact) mass is 274 g/mol. The van der Waals surface area contributed by atoms with Gasteiger partial charge in [0.05, 0.1) is 12.2 Å². The summed E-state index contributed by atoms with van der Waals surface area (Å²) in [6.07, 6.45) is 2.36. The number of hydrogen-bond acceptors (Lipinski definition) is 3. The minimum absolute atomic E-state index is 0.592. The predicted octanol–water partition coefficient (Wildman–Crippen LogP) is 1.86. The maximum Gasteiger partial charge on any atom is 0.109 e. The van der Waals surface area contributed by atoms with Crippen LogP contribution in [0.2, 0.25) is 0 Å². The van der Waals surface area contributed by atoms with Gasteiger partial charge in [0.25, 0.3) is 0 Å². The van der Waals surface area contributed by atoms with Gasteiger partial charge in [-0.2, -0.15) is 5.26 Å². The molecule has 1 aromatic heterocycles. The maximum absolute atomic E-state index is 8.49. The van der Waals surface area contributed by atoms with E-state index in [0.29, 0.717) is 12.2 Å². The number of pyridine rings is 1. The summed E-state index contributed by atoms with van der Waals surface area (Å²) in [5.74, 6) is 0. The molecule has 3 nitrogen and oxygen atoms in total. The van der Waals surface area contributed by atoms with E-state index in [9.17, 15) is 0 Å². The molecule has 12 heavy (non-hydrogen) atoms. The Morgan fingerprint density at radius 1 is 1.58 bits per heavy atom. The lowest BCUT2D eigenvalue weighted by Gasteiger charge is -1.96. The molecule has 0 aromatic carbocycles. The molecule has 0 atom stereocenters. The zero-order valence-corrected chi connectivity index (χ0v) is 8.48. The van der Waals surface area contributed by atoms with Crippen molar-refractivity contribution in [3.05, 3.63) is 29.6 Å². The minimum Gasteiger partial charge on any atom is -0.315 e. The molecular formula is C8H7IN2O. The Labute approximate surface area is 85.1 Å². The fraction of sp³-hybridized carbons (Fsp3) is 0.250. The molecule has 1 heterocycles. The van der Waals surface area contributed by atoms with E-state index < -0.39 is 0 Å². The summed E-state index contributed by atoms with van der Waals surface area (Å²) in [6.45, 7) is 0.652. The van der Waals surface area contributed by atoms with E-state index in [0.717, 1.165) is 12.1 Å². The summed E-state index contributed by atoms with van der Waals surface area (Å²) in [7, 11) is 0. The van der Waals surface area contributed by atoms with Crippen LogP contribution >= 0.6 is 23.0 Å². The van der Waals surface area contributed by atoms with Crippen LogP contribution in [0, 0.1) is 11.3 Å². The third-order valence-electron chi connectivity index (χ3n) is 1.39. The minimum atomic E-state index is 0.592. The summed E-state index contributed by atoms with van der Waals surface area (Å²) in [5, 5.41) is 8.49. The van der Waals surface area contributed by atoms with Crippen LogP contribution in [0.5, 0.6) is 0 Å². The molecule has 0 radical (unpaired) electrons. The summed E-state index contributed by atoms with van der Waals surface area (Å²) in [5.41, 5.74) is 1.54. The number of rotatable bonds is 3. The smallest absolute Gasteiger partial charge is 0.109 e. The molecule has 0 aliphatic heterocycles. The van der Waals surface area contributed by atoms with Crippen LogP contribution in [0.3, 0.4) is 0 Å². The Bertz CT molecular complexity index is 278. The summed E-state index contributed by atoms with van der Waals surface area (Å²) in [4.78, 5) is 4.08. The molecule has 0 bridgehead atoms. The van der Waals surface area contributed by atoms with Gasteiger partial charge in [-0.3, -0.25) is 4.98 Å². The second-order valence-corrected chi connectivity index (χ2v) is 2.84.